The van der Waals surface area contributed by atoms with Crippen LogP contribution >= 0.6 is 0 Å². The van der Waals surface area contributed by atoms with E-state index in [0.29, 0.717) is 24.5 Å². The van der Waals surface area contributed by atoms with Crippen molar-refractivity contribution in [1.29, 1.82) is 0 Å². The average Bonchev–Trinajstić information content (AvgIpc) is 3.66. The lowest BCUT2D eigenvalue weighted by molar-refractivity contribution is -0.138. The molecule has 4 heterocycles. The predicted molar refractivity (Wildman–Crippen MR) is 142 cm³/mol. The molecule has 0 unspecified atom stereocenters. The van der Waals surface area contributed by atoms with Crippen LogP contribution in [0.1, 0.15) is 48.2 Å². The molecule has 2 saturated heterocycles. The van der Waals surface area contributed by atoms with Crippen LogP contribution < -0.4 is 5.32 Å². The second-order valence-electron chi connectivity index (χ2n) is 11.3. The zero-order valence-electron chi connectivity index (χ0n) is 21.2. The molecule has 190 valence electrons. The first-order chi connectivity index (χ1) is 17.7. The number of benzene rings is 2. The van der Waals surface area contributed by atoms with Crippen molar-refractivity contribution in [3.8, 4) is 0 Å². The molecule has 6 rings (SSSR count). The predicted octanol–water partition coefficient (Wildman–Crippen LogP) is 3.92. The van der Waals surface area contributed by atoms with E-state index in [1.54, 1.807) is 6.07 Å². The van der Waals surface area contributed by atoms with Gasteiger partial charge in [0.15, 0.2) is 0 Å². The first-order valence-electron chi connectivity index (χ1n) is 12.8. The summed E-state index contributed by atoms with van der Waals surface area (Å²) in [5.41, 5.74) is 2.33. The third kappa shape index (κ3) is 4.06. The molecule has 2 bridgehead atoms. The van der Waals surface area contributed by atoms with E-state index in [9.17, 15) is 14.4 Å². The van der Waals surface area contributed by atoms with Crippen molar-refractivity contribution in [2.45, 2.75) is 45.3 Å². The Bertz CT molecular complexity index is 1460. The van der Waals surface area contributed by atoms with Crippen LogP contribution in [0.15, 0.2) is 60.7 Å². The van der Waals surface area contributed by atoms with Gasteiger partial charge in [-0.1, -0.05) is 57.2 Å². The lowest BCUT2D eigenvalue weighted by atomic mass is 9.85. The van der Waals surface area contributed by atoms with E-state index < -0.39 is 11.5 Å². The fourth-order valence-electron chi connectivity index (χ4n) is 5.75. The minimum Gasteiger partial charge on any atom is -0.351 e. The van der Waals surface area contributed by atoms with Gasteiger partial charge >= 0.3 is 0 Å². The fraction of sp³-hybridized carbons (Fsp3) is 0.345. The Morgan fingerprint density at radius 3 is 1.95 bits per heavy atom. The van der Waals surface area contributed by atoms with Gasteiger partial charge in [-0.15, -0.1) is 0 Å². The molecule has 2 aliphatic rings. The molecule has 2 fully saturated rings. The number of para-hydroxylation sites is 2. The Labute approximate surface area is 215 Å². The van der Waals surface area contributed by atoms with Gasteiger partial charge in [-0.2, -0.15) is 0 Å². The zero-order valence-corrected chi connectivity index (χ0v) is 21.2. The van der Waals surface area contributed by atoms with Crippen molar-refractivity contribution in [3.05, 3.63) is 72.1 Å². The number of nitrogens with one attached hydrogen (secondary N) is 3. The highest BCUT2D eigenvalue weighted by atomic mass is 16.2. The van der Waals surface area contributed by atoms with Crippen molar-refractivity contribution < 1.29 is 14.4 Å². The topological polar surface area (TPSA) is 101 Å². The van der Waals surface area contributed by atoms with Crippen LogP contribution in [0.25, 0.3) is 21.8 Å². The third-order valence-electron chi connectivity index (χ3n) is 7.71. The molecule has 8 heteroatoms. The van der Waals surface area contributed by atoms with Crippen molar-refractivity contribution in [2.75, 3.05) is 13.1 Å². The van der Waals surface area contributed by atoms with Gasteiger partial charge in [0.05, 0.1) is 12.1 Å². The molecule has 0 spiro atoms. The minimum absolute atomic E-state index is 0.0297. The number of aromatic amines is 2. The molecule has 2 aromatic heterocycles. The van der Waals surface area contributed by atoms with E-state index in [-0.39, 0.29) is 29.8 Å². The van der Waals surface area contributed by atoms with Gasteiger partial charge in [-0.3, -0.25) is 14.4 Å². The van der Waals surface area contributed by atoms with Crippen LogP contribution in [-0.4, -0.2) is 68.7 Å². The summed E-state index contributed by atoms with van der Waals surface area (Å²) in [6.07, 6.45) is 0.754. The number of fused-ring (bicyclic) bond motifs is 4. The normalized spacial score (nSPS) is 20.1. The number of nitrogens with zero attached hydrogens (tertiary/aromatic N) is 2. The molecule has 37 heavy (non-hydrogen) atoms. The third-order valence-corrected chi connectivity index (χ3v) is 7.71. The monoisotopic (exact) mass is 497 g/mol. The summed E-state index contributed by atoms with van der Waals surface area (Å²) in [4.78, 5) is 50.3. The number of piperazine rings is 1. The minimum atomic E-state index is -0.691. The maximum absolute atomic E-state index is 13.8. The highest BCUT2D eigenvalue weighted by Gasteiger charge is 2.50. The SMILES string of the molecule is CC(C)(C)[C@@H](NC(=O)c1cc2ccccc2[nH]1)C(=O)N1C[C@@H]2C[C@H]1CN2C(=O)c1cc2ccccc2[nH]1. The summed E-state index contributed by atoms with van der Waals surface area (Å²) in [5, 5.41) is 4.95. The second kappa shape index (κ2) is 8.50. The van der Waals surface area contributed by atoms with Crippen molar-refractivity contribution in [1.82, 2.24) is 25.1 Å². The van der Waals surface area contributed by atoms with Gasteiger partial charge in [0.25, 0.3) is 11.8 Å². The number of carbonyl (C=O) groups excluding carboxylic acids is 3. The average molecular weight is 498 g/mol. The van der Waals surface area contributed by atoms with E-state index in [0.717, 1.165) is 28.2 Å². The lowest BCUT2D eigenvalue weighted by Crippen LogP contribution is -2.59. The van der Waals surface area contributed by atoms with E-state index in [1.807, 2.05) is 85.2 Å². The zero-order chi connectivity index (χ0) is 25.9. The summed E-state index contributed by atoms with van der Waals surface area (Å²) in [5.74, 6) is -0.429. The number of aromatic nitrogens is 2. The van der Waals surface area contributed by atoms with E-state index in [4.69, 9.17) is 0 Å². The Morgan fingerprint density at radius 1 is 0.838 bits per heavy atom. The molecule has 2 aliphatic heterocycles. The Kier molecular flexibility index (Phi) is 5.36. The number of H-pyrrole nitrogens is 2. The van der Waals surface area contributed by atoms with Crippen LogP contribution in [-0.2, 0) is 4.79 Å². The van der Waals surface area contributed by atoms with E-state index in [1.165, 1.54) is 0 Å². The molecule has 4 aromatic rings. The van der Waals surface area contributed by atoms with Gasteiger partial charge in [0.1, 0.15) is 17.4 Å². The first kappa shape index (κ1) is 23.3. The van der Waals surface area contributed by atoms with Gasteiger partial charge in [-0.05, 0) is 36.1 Å². The highest BCUT2D eigenvalue weighted by Crippen LogP contribution is 2.34. The highest BCUT2D eigenvalue weighted by molar-refractivity contribution is 6.01. The Morgan fingerprint density at radius 2 is 1.38 bits per heavy atom. The van der Waals surface area contributed by atoms with Crippen LogP contribution in [0.5, 0.6) is 0 Å². The number of rotatable bonds is 4. The number of hydrogen-bond donors (Lipinski definition) is 3. The van der Waals surface area contributed by atoms with Crippen LogP contribution in [0, 0.1) is 5.41 Å². The molecule has 0 saturated carbocycles. The van der Waals surface area contributed by atoms with Crippen LogP contribution in [0.4, 0.5) is 0 Å². The van der Waals surface area contributed by atoms with E-state index in [2.05, 4.69) is 15.3 Å². The second-order valence-corrected chi connectivity index (χ2v) is 11.3. The summed E-state index contributed by atoms with van der Waals surface area (Å²) in [6.45, 7) is 6.85. The largest absolute Gasteiger partial charge is 0.351 e. The molecular formula is C29H31N5O3. The maximum Gasteiger partial charge on any atom is 0.270 e. The number of carbonyl (C=O) groups is 3. The van der Waals surface area contributed by atoms with Crippen molar-refractivity contribution >= 4 is 39.5 Å². The van der Waals surface area contributed by atoms with Crippen molar-refractivity contribution in [2.24, 2.45) is 5.41 Å². The van der Waals surface area contributed by atoms with Crippen LogP contribution in [0.2, 0.25) is 0 Å². The van der Waals surface area contributed by atoms with Gasteiger partial charge in [-0.25, -0.2) is 0 Å². The maximum atomic E-state index is 13.8. The van der Waals surface area contributed by atoms with Gasteiger partial charge in [0.2, 0.25) is 5.91 Å². The molecule has 0 radical (unpaired) electrons. The number of likely N-dealkylation sites (tertiary alicyclic amines) is 2. The quantitative estimate of drug-likeness (QED) is 0.398. The molecule has 3 N–H and O–H groups in total. The molecule has 3 amide bonds. The molecule has 3 atom stereocenters. The first-order valence-corrected chi connectivity index (χ1v) is 12.8. The van der Waals surface area contributed by atoms with Gasteiger partial charge < -0.3 is 25.1 Å². The molecule has 2 aromatic carbocycles. The summed E-state index contributed by atoms with van der Waals surface area (Å²) in [7, 11) is 0. The summed E-state index contributed by atoms with van der Waals surface area (Å²) < 4.78 is 0. The summed E-state index contributed by atoms with van der Waals surface area (Å²) in [6, 6.07) is 18.5. The standard InChI is InChI=1S/C29H31N5O3/c1-29(2,3)25(32-26(35)23-12-17-8-4-6-10-21(17)30-23)28(37)34-16-19-14-20(34)15-33(19)27(36)24-13-18-9-5-7-11-22(18)31-24/h4-13,19-20,25,30-31H,14-16H2,1-3H3,(H,32,35)/t19-,20-,25-/m0/s1. The lowest BCUT2D eigenvalue weighted by Gasteiger charge is -2.39. The fourth-order valence-corrected chi connectivity index (χ4v) is 5.75. The van der Waals surface area contributed by atoms with Gasteiger partial charge in [0, 0.05) is 34.9 Å². The number of amides is 3. The van der Waals surface area contributed by atoms with E-state index >= 15 is 0 Å². The van der Waals surface area contributed by atoms with Crippen LogP contribution in [0.3, 0.4) is 0 Å². The Balaban J connectivity index is 1.17. The number of hydrogen-bond acceptors (Lipinski definition) is 3. The molecular weight excluding hydrogens is 466 g/mol. The van der Waals surface area contributed by atoms with Crippen molar-refractivity contribution in [3.63, 3.8) is 0 Å². The summed E-state index contributed by atoms with van der Waals surface area (Å²) >= 11 is 0. The molecule has 8 nitrogen and oxygen atoms in total. The Hall–Kier alpha value is -4.07. The smallest absolute Gasteiger partial charge is 0.270 e. The molecule has 0 aliphatic carbocycles.